The summed E-state index contributed by atoms with van der Waals surface area (Å²) in [6.07, 6.45) is 54.1. The fourth-order valence-electron chi connectivity index (χ4n) is 5.12. The summed E-state index contributed by atoms with van der Waals surface area (Å²) in [7, 11) is 0. The van der Waals surface area contributed by atoms with E-state index in [9.17, 15) is 19.2 Å². The van der Waals surface area contributed by atoms with Gasteiger partial charge in [0.2, 0.25) is 11.8 Å². The molecule has 0 aliphatic heterocycles. The molecule has 0 aliphatic carbocycles. The first-order valence-corrected chi connectivity index (χ1v) is 20.8. The summed E-state index contributed by atoms with van der Waals surface area (Å²) in [5.74, 6) is -2.56. The lowest BCUT2D eigenvalue weighted by Crippen LogP contribution is -2.47. The average Bonchev–Trinajstić information content (AvgIpc) is 3.18. The van der Waals surface area contributed by atoms with Gasteiger partial charge in [-0.3, -0.25) is 14.4 Å². The second kappa shape index (κ2) is 40.2. The Balaban J connectivity index is 4.53. The lowest BCUT2D eigenvalue weighted by atomic mass is 10.1. The molecule has 0 radical (unpaired) electrons. The number of carboxylic acids is 1. The van der Waals surface area contributed by atoms with Crippen LogP contribution in [-0.4, -0.2) is 59.3 Å². The van der Waals surface area contributed by atoms with Crippen molar-refractivity contribution >= 4 is 23.8 Å². The Kier molecular flexibility index (Phi) is 36.9. The number of hydrogen-bond acceptors (Lipinski definition) is 6. The quantitative estimate of drug-likeness (QED) is 0.0285. The third-order valence-corrected chi connectivity index (χ3v) is 8.25. The standard InChI is InChI=1S/C47H72N2O7/c1-3-5-7-9-11-13-15-16-17-18-19-20-21-22-24-26-28-30-35-39-46(53)56-42(36-32-29-27-25-23-14-12-10-8-6-4-2)37-33-31-34-38-44(51)48-40-45(52)49-43(41-50)47(54)55/h5-8,11-14,16-17,19-20,22,24-25,27,32,36,42-43,50H,3-4,9-10,15,18,21,23,26,28-31,33-35,37-41H2,1-2H3,(H,48,51)(H,49,52)(H,54,55)/b7-5-,8-6-,13-11-,14-12-,17-16-,20-19-,24-22-,27-25-,36-32-. The predicted octanol–water partition coefficient (Wildman–Crippen LogP) is 10.0. The van der Waals surface area contributed by atoms with E-state index < -0.39 is 24.5 Å². The molecule has 2 amide bonds. The average molecular weight is 777 g/mol. The molecule has 0 aromatic rings. The summed E-state index contributed by atoms with van der Waals surface area (Å²) < 4.78 is 5.85. The Bertz CT molecular complexity index is 1300. The molecular formula is C47H72N2O7. The van der Waals surface area contributed by atoms with Crippen molar-refractivity contribution in [3.8, 4) is 0 Å². The lowest BCUT2D eigenvalue weighted by Gasteiger charge is -2.15. The Morgan fingerprint density at radius 3 is 1.52 bits per heavy atom. The molecule has 0 saturated carbocycles. The van der Waals surface area contributed by atoms with Crippen LogP contribution < -0.4 is 10.6 Å². The van der Waals surface area contributed by atoms with E-state index in [0.29, 0.717) is 19.3 Å². The number of unbranched alkanes of at least 4 members (excludes halogenated alkanes) is 5. The van der Waals surface area contributed by atoms with Crippen LogP contribution in [-0.2, 0) is 23.9 Å². The van der Waals surface area contributed by atoms with Crippen molar-refractivity contribution in [2.75, 3.05) is 13.2 Å². The number of hydrogen-bond donors (Lipinski definition) is 4. The number of esters is 1. The van der Waals surface area contributed by atoms with Gasteiger partial charge in [-0.25, -0.2) is 4.79 Å². The highest BCUT2D eigenvalue weighted by Gasteiger charge is 2.18. The van der Waals surface area contributed by atoms with Crippen LogP contribution in [0.3, 0.4) is 0 Å². The van der Waals surface area contributed by atoms with E-state index in [2.05, 4.69) is 122 Å². The number of allylic oxidation sites excluding steroid dienone is 17. The molecule has 2 unspecified atom stereocenters. The summed E-state index contributed by atoms with van der Waals surface area (Å²) in [6.45, 7) is 3.16. The Morgan fingerprint density at radius 1 is 0.554 bits per heavy atom. The molecule has 0 aliphatic rings. The topological polar surface area (TPSA) is 142 Å². The van der Waals surface area contributed by atoms with Crippen LogP contribution in [0.2, 0.25) is 0 Å². The fraction of sp³-hybridized carbons (Fsp3) is 0.532. The smallest absolute Gasteiger partial charge is 0.328 e. The number of carboxylic acid groups (broad SMARTS) is 1. The highest BCUT2D eigenvalue weighted by Crippen LogP contribution is 2.13. The van der Waals surface area contributed by atoms with Crippen molar-refractivity contribution < 1.29 is 34.1 Å². The van der Waals surface area contributed by atoms with Crippen molar-refractivity contribution in [1.29, 1.82) is 0 Å². The van der Waals surface area contributed by atoms with E-state index in [-0.39, 0.29) is 30.9 Å². The summed E-state index contributed by atoms with van der Waals surface area (Å²) in [4.78, 5) is 47.6. The minimum atomic E-state index is -1.41. The fourth-order valence-corrected chi connectivity index (χ4v) is 5.12. The van der Waals surface area contributed by atoms with Crippen LogP contribution in [0.1, 0.15) is 136 Å². The van der Waals surface area contributed by atoms with Gasteiger partial charge in [-0.1, -0.05) is 130 Å². The van der Waals surface area contributed by atoms with Crippen LogP contribution in [0, 0.1) is 0 Å². The van der Waals surface area contributed by atoms with Crippen LogP contribution in [0.5, 0.6) is 0 Å². The van der Waals surface area contributed by atoms with E-state index in [1.807, 2.05) is 12.2 Å². The van der Waals surface area contributed by atoms with Gasteiger partial charge >= 0.3 is 11.9 Å². The van der Waals surface area contributed by atoms with Gasteiger partial charge in [0.05, 0.1) is 13.2 Å². The maximum Gasteiger partial charge on any atom is 0.328 e. The molecule has 0 spiro atoms. The highest BCUT2D eigenvalue weighted by molar-refractivity contribution is 5.87. The summed E-state index contributed by atoms with van der Waals surface area (Å²) in [6, 6.07) is -1.41. The number of amides is 2. The molecule has 0 aromatic carbocycles. The molecule has 4 N–H and O–H groups in total. The van der Waals surface area contributed by atoms with Crippen molar-refractivity contribution in [1.82, 2.24) is 10.6 Å². The van der Waals surface area contributed by atoms with Crippen molar-refractivity contribution in [2.45, 2.75) is 148 Å². The maximum atomic E-state index is 12.7. The molecule has 0 heterocycles. The molecule has 312 valence electrons. The number of aliphatic carboxylic acids is 1. The number of aliphatic hydroxyl groups excluding tert-OH is 1. The summed E-state index contributed by atoms with van der Waals surface area (Å²) in [5.41, 5.74) is 0. The molecular weight excluding hydrogens is 705 g/mol. The normalized spacial score (nSPS) is 13.6. The first-order valence-electron chi connectivity index (χ1n) is 20.8. The Labute approximate surface area is 338 Å². The molecule has 56 heavy (non-hydrogen) atoms. The largest absolute Gasteiger partial charge is 0.480 e. The van der Waals surface area contributed by atoms with Crippen molar-refractivity contribution in [3.63, 3.8) is 0 Å². The molecule has 2 atom stereocenters. The second-order valence-electron chi connectivity index (χ2n) is 13.3. The van der Waals surface area contributed by atoms with E-state index >= 15 is 0 Å². The molecule has 0 rings (SSSR count). The molecule has 0 bridgehead atoms. The number of carbonyl (C=O) groups excluding carboxylic acids is 3. The Morgan fingerprint density at radius 2 is 1.02 bits per heavy atom. The van der Waals surface area contributed by atoms with Gasteiger partial charge in [0.15, 0.2) is 0 Å². The lowest BCUT2D eigenvalue weighted by molar-refractivity contribution is -0.147. The zero-order chi connectivity index (χ0) is 41.2. The van der Waals surface area contributed by atoms with Crippen molar-refractivity contribution in [3.05, 3.63) is 109 Å². The highest BCUT2D eigenvalue weighted by atomic mass is 16.5. The van der Waals surface area contributed by atoms with Crippen LogP contribution in [0.25, 0.3) is 0 Å². The van der Waals surface area contributed by atoms with Crippen LogP contribution in [0.4, 0.5) is 0 Å². The van der Waals surface area contributed by atoms with Crippen molar-refractivity contribution in [2.24, 2.45) is 0 Å². The SMILES string of the molecule is CC/C=C\C/C=C\C/C=C\C/C=C\C/C=C\CCCCCC(=O)OC(/C=C\C/C=C\C/C=C\C/C=C\CC)CCCCCC(=O)NCC(=O)NC(CO)C(=O)O. The molecule has 0 aromatic heterocycles. The van der Waals surface area contributed by atoms with E-state index in [1.54, 1.807) is 0 Å². The van der Waals surface area contributed by atoms with E-state index in [4.69, 9.17) is 14.9 Å². The first kappa shape index (κ1) is 51.5. The van der Waals surface area contributed by atoms with E-state index in [1.165, 1.54) is 0 Å². The number of aliphatic hydroxyl groups is 1. The summed E-state index contributed by atoms with van der Waals surface area (Å²) >= 11 is 0. The summed E-state index contributed by atoms with van der Waals surface area (Å²) in [5, 5.41) is 22.5. The molecule has 9 nitrogen and oxygen atoms in total. The number of rotatable bonds is 35. The van der Waals surface area contributed by atoms with Gasteiger partial charge < -0.3 is 25.6 Å². The Hall–Kier alpha value is -4.50. The third-order valence-electron chi connectivity index (χ3n) is 8.25. The van der Waals surface area contributed by atoms with E-state index in [0.717, 1.165) is 96.3 Å². The van der Waals surface area contributed by atoms with Gasteiger partial charge in [0, 0.05) is 12.8 Å². The zero-order valence-electron chi connectivity index (χ0n) is 34.3. The second-order valence-corrected chi connectivity index (χ2v) is 13.3. The number of ether oxygens (including phenoxy) is 1. The van der Waals surface area contributed by atoms with Crippen LogP contribution in [0.15, 0.2) is 109 Å². The first-order chi connectivity index (χ1) is 27.3. The minimum absolute atomic E-state index is 0.198. The van der Waals surface area contributed by atoms with Gasteiger partial charge in [-0.15, -0.1) is 0 Å². The number of nitrogens with one attached hydrogen (secondary N) is 2. The van der Waals surface area contributed by atoms with Crippen LogP contribution >= 0.6 is 0 Å². The zero-order valence-corrected chi connectivity index (χ0v) is 34.3. The molecule has 9 heteroatoms. The molecule has 0 saturated heterocycles. The minimum Gasteiger partial charge on any atom is -0.480 e. The third kappa shape index (κ3) is 36.5. The molecule has 0 fully saturated rings. The van der Waals surface area contributed by atoms with Gasteiger partial charge in [0.25, 0.3) is 0 Å². The predicted molar refractivity (Wildman–Crippen MR) is 231 cm³/mol. The van der Waals surface area contributed by atoms with Gasteiger partial charge in [-0.2, -0.15) is 0 Å². The maximum absolute atomic E-state index is 12.7. The monoisotopic (exact) mass is 777 g/mol. The number of carbonyl (C=O) groups is 4. The van der Waals surface area contributed by atoms with Gasteiger partial charge in [-0.05, 0) is 102 Å². The van der Waals surface area contributed by atoms with Gasteiger partial charge in [0.1, 0.15) is 12.1 Å².